The van der Waals surface area contributed by atoms with E-state index in [4.69, 9.17) is 9.47 Å². The van der Waals surface area contributed by atoms with Crippen molar-refractivity contribution in [1.29, 1.82) is 0 Å². The second-order valence-corrected chi connectivity index (χ2v) is 7.62. The topological polar surface area (TPSA) is 35.5 Å². The molecule has 1 aliphatic carbocycles. The molecule has 1 aromatic rings. The van der Waals surface area contributed by atoms with E-state index >= 15 is 0 Å². The number of ether oxygens (including phenoxy) is 2. The van der Waals surface area contributed by atoms with Gasteiger partial charge >= 0.3 is 0 Å². The van der Waals surface area contributed by atoms with Crippen LogP contribution in [0.5, 0.6) is 0 Å². The van der Waals surface area contributed by atoms with Crippen LogP contribution in [0, 0.1) is 11.2 Å². The molecular weight excluding hydrogens is 307 g/mol. The van der Waals surface area contributed by atoms with Crippen LogP contribution in [0.15, 0.2) is 18.2 Å². The minimum Gasteiger partial charge on any atom is -0.345 e. The van der Waals surface area contributed by atoms with Crippen molar-refractivity contribution in [1.82, 2.24) is 0 Å². The quantitative estimate of drug-likeness (QED) is 0.785. The van der Waals surface area contributed by atoms with Gasteiger partial charge in [0.25, 0.3) is 0 Å². The normalized spacial score (nSPS) is 31.5. The Hall–Kier alpha value is -1.26. The summed E-state index contributed by atoms with van der Waals surface area (Å²) in [5.41, 5.74) is 1.08. The molecule has 2 aliphatic rings. The van der Waals surface area contributed by atoms with Crippen LogP contribution in [-0.2, 0) is 15.9 Å². The van der Waals surface area contributed by atoms with Crippen LogP contribution < -0.4 is 0 Å². The number of hydrogen-bond acceptors (Lipinski definition) is 3. The molecule has 4 heteroatoms. The first-order valence-corrected chi connectivity index (χ1v) is 8.97. The first-order chi connectivity index (χ1) is 11.3. The highest BCUT2D eigenvalue weighted by Gasteiger charge is 2.48. The molecule has 3 atom stereocenters. The summed E-state index contributed by atoms with van der Waals surface area (Å²) >= 11 is 0. The Morgan fingerprint density at radius 3 is 2.46 bits per heavy atom. The van der Waals surface area contributed by atoms with Gasteiger partial charge in [0.1, 0.15) is 5.82 Å². The zero-order chi connectivity index (χ0) is 17.5. The predicted molar refractivity (Wildman–Crippen MR) is 90.5 cm³/mol. The van der Waals surface area contributed by atoms with Gasteiger partial charge in [0, 0.05) is 17.4 Å². The van der Waals surface area contributed by atoms with E-state index in [0.717, 1.165) is 18.4 Å². The van der Waals surface area contributed by atoms with Gasteiger partial charge in [-0.2, -0.15) is 0 Å². The summed E-state index contributed by atoms with van der Waals surface area (Å²) < 4.78 is 25.5. The highest BCUT2D eigenvalue weighted by atomic mass is 19.1. The molecule has 0 saturated carbocycles. The van der Waals surface area contributed by atoms with E-state index in [1.54, 1.807) is 6.07 Å². The van der Waals surface area contributed by atoms with E-state index < -0.39 is 11.2 Å². The van der Waals surface area contributed by atoms with Crippen molar-refractivity contribution < 1.29 is 18.7 Å². The molecule has 0 aromatic heterocycles. The molecule has 1 aromatic carbocycles. The largest absolute Gasteiger partial charge is 0.345 e. The lowest BCUT2D eigenvalue weighted by molar-refractivity contribution is -0.167. The highest BCUT2D eigenvalue weighted by Crippen LogP contribution is 2.46. The number of fused-ring (bicyclic) bond motifs is 1. The molecule has 1 saturated heterocycles. The summed E-state index contributed by atoms with van der Waals surface area (Å²) in [6.45, 7) is 8.07. The van der Waals surface area contributed by atoms with Gasteiger partial charge in [0.15, 0.2) is 11.6 Å². The van der Waals surface area contributed by atoms with Crippen LogP contribution in [0.1, 0.15) is 69.3 Å². The molecule has 24 heavy (non-hydrogen) atoms. The van der Waals surface area contributed by atoms with Crippen molar-refractivity contribution in [3.8, 4) is 0 Å². The monoisotopic (exact) mass is 334 g/mol. The number of benzene rings is 1. The average molecular weight is 334 g/mol. The van der Waals surface area contributed by atoms with Crippen LogP contribution in [0.2, 0.25) is 0 Å². The molecule has 1 unspecified atom stereocenters. The SMILES string of the molecule is CCCC1(CCC2(C)O[C@H](C)[C@@H](C)O2)Cc2cc(F)ccc2C1=O. The third kappa shape index (κ3) is 3.02. The smallest absolute Gasteiger partial charge is 0.169 e. The number of carbonyl (C=O) groups is 1. The Morgan fingerprint density at radius 2 is 1.83 bits per heavy atom. The summed E-state index contributed by atoms with van der Waals surface area (Å²) in [6, 6.07) is 4.53. The third-order valence-electron chi connectivity index (χ3n) is 5.64. The molecule has 1 aliphatic heterocycles. The summed E-state index contributed by atoms with van der Waals surface area (Å²) in [7, 11) is 0. The third-order valence-corrected chi connectivity index (χ3v) is 5.64. The van der Waals surface area contributed by atoms with Gasteiger partial charge in [-0.1, -0.05) is 13.3 Å². The van der Waals surface area contributed by atoms with E-state index in [9.17, 15) is 9.18 Å². The van der Waals surface area contributed by atoms with Crippen molar-refractivity contribution >= 4 is 5.78 Å². The van der Waals surface area contributed by atoms with E-state index in [2.05, 4.69) is 6.92 Å². The van der Waals surface area contributed by atoms with Crippen LogP contribution in [0.3, 0.4) is 0 Å². The maximum absolute atomic E-state index is 13.6. The summed E-state index contributed by atoms with van der Waals surface area (Å²) in [6.07, 6.45) is 3.84. The van der Waals surface area contributed by atoms with Crippen molar-refractivity contribution in [2.24, 2.45) is 5.41 Å². The van der Waals surface area contributed by atoms with Gasteiger partial charge in [-0.15, -0.1) is 0 Å². The fourth-order valence-corrected chi connectivity index (χ4v) is 4.26. The standard InChI is InChI=1S/C20H27FO3/c1-5-8-20(10-9-19(4)23-13(2)14(3)24-19)12-15-11-16(21)6-7-17(15)18(20)22/h6-7,11,13-14H,5,8-10,12H2,1-4H3/t13-,14-,20?/m1/s1. The maximum atomic E-state index is 13.6. The zero-order valence-electron chi connectivity index (χ0n) is 15.0. The lowest BCUT2D eigenvalue weighted by Gasteiger charge is -2.31. The summed E-state index contributed by atoms with van der Waals surface area (Å²) in [5.74, 6) is -0.757. The number of halogens is 1. The van der Waals surface area contributed by atoms with Gasteiger partial charge in [-0.3, -0.25) is 4.79 Å². The van der Waals surface area contributed by atoms with Crippen LogP contribution in [0.25, 0.3) is 0 Å². The number of ketones is 1. The highest BCUT2D eigenvalue weighted by molar-refractivity contribution is 6.04. The average Bonchev–Trinajstić information content (AvgIpc) is 2.92. The predicted octanol–water partition coefficient (Wildman–Crippen LogP) is 4.67. The van der Waals surface area contributed by atoms with Crippen molar-refractivity contribution in [3.05, 3.63) is 35.1 Å². The van der Waals surface area contributed by atoms with Gasteiger partial charge < -0.3 is 9.47 Å². The molecule has 1 heterocycles. The molecule has 0 N–H and O–H groups in total. The Bertz CT molecular complexity index is 632. The van der Waals surface area contributed by atoms with Crippen LogP contribution in [-0.4, -0.2) is 23.8 Å². The second kappa shape index (κ2) is 6.23. The van der Waals surface area contributed by atoms with Crippen molar-refractivity contribution in [3.63, 3.8) is 0 Å². The molecule has 3 rings (SSSR count). The number of carbonyl (C=O) groups excluding carboxylic acids is 1. The Kier molecular flexibility index (Phi) is 4.56. The number of Topliss-reactive ketones (excluding diaryl/α,β-unsaturated/α-hetero) is 1. The fourth-order valence-electron chi connectivity index (χ4n) is 4.26. The number of hydrogen-bond donors (Lipinski definition) is 0. The summed E-state index contributed by atoms with van der Waals surface area (Å²) in [4.78, 5) is 13.1. The van der Waals surface area contributed by atoms with Crippen molar-refractivity contribution in [2.45, 2.75) is 77.8 Å². The van der Waals surface area contributed by atoms with E-state index in [1.807, 2.05) is 20.8 Å². The Labute approximate surface area is 143 Å². The minimum absolute atomic E-state index is 0.0581. The molecule has 1 fully saturated rings. The Morgan fingerprint density at radius 1 is 1.17 bits per heavy atom. The van der Waals surface area contributed by atoms with Gasteiger partial charge in [0.05, 0.1) is 12.2 Å². The Balaban J connectivity index is 1.80. The molecule has 0 amide bonds. The van der Waals surface area contributed by atoms with Gasteiger partial charge in [-0.25, -0.2) is 4.39 Å². The minimum atomic E-state index is -0.639. The lowest BCUT2D eigenvalue weighted by Crippen LogP contribution is -2.34. The fraction of sp³-hybridized carbons (Fsp3) is 0.650. The molecule has 3 nitrogen and oxygen atoms in total. The molecule has 0 spiro atoms. The van der Waals surface area contributed by atoms with E-state index in [1.165, 1.54) is 12.1 Å². The number of rotatable bonds is 5. The molecule has 0 bridgehead atoms. The van der Waals surface area contributed by atoms with Gasteiger partial charge in [0.2, 0.25) is 0 Å². The molecular formula is C20H27FO3. The lowest BCUT2D eigenvalue weighted by atomic mass is 9.75. The first-order valence-electron chi connectivity index (χ1n) is 8.97. The van der Waals surface area contributed by atoms with Crippen LogP contribution >= 0.6 is 0 Å². The first kappa shape index (κ1) is 17.6. The molecule has 0 radical (unpaired) electrons. The van der Waals surface area contributed by atoms with Gasteiger partial charge in [-0.05, 0) is 63.8 Å². The second-order valence-electron chi connectivity index (χ2n) is 7.62. The zero-order valence-corrected chi connectivity index (χ0v) is 15.0. The molecule has 132 valence electrons. The van der Waals surface area contributed by atoms with Crippen LogP contribution in [0.4, 0.5) is 4.39 Å². The van der Waals surface area contributed by atoms with Crippen molar-refractivity contribution in [2.75, 3.05) is 0 Å². The van der Waals surface area contributed by atoms with E-state index in [-0.39, 0.29) is 23.8 Å². The van der Waals surface area contributed by atoms with E-state index in [0.29, 0.717) is 24.8 Å². The maximum Gasteiger partial charge on any atom is 0.169 e. The summed E-state index contributed by atoms with van der Waals surface area (Å²) in [5, 5.41) is 0.